The number of nitrogens with one attached hydrogen (secondary N) is 2. The number of rotatable bonds is 6. The molecule has 2 aromatic rings. The number of amides is 1. The van der Waals surface area contributed by atoms with E-state index >= 15 is 0 Å². The molecule has 2 bridgehead atoms. The molecule has 0 spiro atoms. The van der Waals surface area contributed by atoms with E-state index in [1.165, 1.54) is 0 Å². The molecule has 5 rings (SSSR count). The molecule has 0 saturated carbocycles. The van der Waals surface area contributed by atoms with Crippen LogP contribution < -0.4 is 16.0 Å². The van der Waals surface area contributed by atoms with Crippen LogP contribution in [-0.2, 0) is 24.4 Å². The van der Waals surface area contributed by atoms with Crippen molar-refractivity contribution in [2.45, 2.75) is 38.5 Å². The van der Waals surface area contributed by atoms with Gasteiger partial charge in [-0.15, -0.1) is 5.10 Å². The molecule has 1 unspecified atom stereocenters. The Balaban J connectivity index is 1.33. The van der Waals surface area contributed by atoms with E-state index in [0.29, 0.717) is 25.0 Å². The highest BCUT2D eigenvalue weighted by Crippen LogP contribution is 2.27. The van der Waals surface area contributed by atoms with Crippen LogP contribution in [-0.4, -0.2) is 40.0 Å². The van der Waals surface area contributed by atoms with Crippen LogP contribution in [0.15, 0.2) is 36.5 Å². The minimum Gasteiger partial charge on any atom is -0.352 e. The first-order chi connectivity index (χ1) is 12.7. The summed E-state index contributed by atoms with van der Waals surface area (Å²) in [4.78, 5) is 14.3. The van der Waals surface area contributed by atoms with Crippen molar-refractivity contribution in [1.82, 2.24) is 20.3 Å². The van der Waals surface area contributed by atoms with Crippen molar-refractivity contribution in [1.29, 1.82) is 0 Å². The number of hydrogen-bond acceptors (Lipinski definition) is 3. The Morgan fingerprint density at radius 1 is 1.35 bits per heavy atom. The lowest BCUT2D eigenvalue weighted by atomic mass is 9.75. The molecule has 5 N–H and O–H groups in total. The topological polar surface area (TPSA) is 91.9 Å². The largest absolute Gasteiger partial charge is 0.352 e. The van der Waals surface area contributed by atoms with Crippen molar-refractivity contribution >= 4 is 5.91 Å². The lowest BCUT2D eigenvalue weighted by Gasteiger charge is -2.46. The van der Waals surface area contributed by atoms with E-state index in [9.17, 15) is 4.79 Å². The SMILES string of the molecule is [NH3+]Cc1cn(C[C@H]2C[C@H]3CC[NH+]2C[C@@H]3C(=O)NCc2ccccc2)nn1. The number of piperidine rings is 3. The molecule has 26 heavy (non-hydrogen) atoms. The van der Waals surface area contributed by atoms with Gasteiger partial charge in [0.05, 0.1) is 31.7 Å². The van der Waals surface area contributed by atoms with Crippen LogP contribution in [0.1, 0.15) is 24.1 Å². The van der Waals surface area contributed by atoms with Crippen LogP contribution in [0.25, 0.3) is 0 Å². The van der Waals surface area contributed by atoms with Gasteiger partial charge in [-0.25, -0.2) is 4.68 Å². The van der Waals surface area contributed by atoms with Gasteiger partial charge in [0.15, 0.2) is 0 Å². The van der Waals surface area contributed by atoms with E-state index in [0.717, 1.165) is 43.7 Å². The van der Waals surface area contributed by atoms with Crippen LogP contribution in [0.3, 0.4) is 0 Å². The first-order valence-corrected chi connectivity index (χ1v) is 9.57. The second-order valence-electron chi connectivity index (χ2n) is 7.59. The molecule has 1 aromatic heterocycles. The highest BCUT2D eigenvalue weighted by molar-refractivity contribution is 5.79. The summed E-state index contributed by atoms with van der Waals surface area (Å²) in [5.41, 5.74) is 5.95. The molecule has 7 nitrogen and oxygen atoms in total. The van der Waals surface area contributed by atoms with Gasteiger partial charge in [-0.05, 0) is 11.5 Å². The fourth-order valence-corrected chi connectivity index (χ4v) is 4.50. The summed E-state index contributed by atoms with van der Waals surface area (Å²) in [6, 6.07) is 10.7. The van der Waals surface area contributed by atoms with Crippen LogP contribution in [0.5, 0.6) is 0 Å². The van der Waals surface area contributed by atoms with Crippen LogP contribution in [0.4, 0.5) is 0 Å². The van der Waals surface area contributed by atoms with Gasteiger partial charge >= 0.3 is 0 Å². The summed E-state index contributed by atoms with van der Waals surface area (Å²) in [5.74, 6) is 0.851. The molecule has 3 aliphatic heterocycles. The Hall–Kier alpha value is -2.25. The minimum atomic E-state index is 0.143. The Morgan fingerprint density at radius 3 is 2.88 bits per heavy atom. The molecule has 138 valence electrons. The lowest BCUT2D eigenvalue weighted by Crippen LogP contribution is -3.20. The maximum atomic E-state index is 12.7. The molecule has 1 amide bonds. The maximum absolute atomic E-state index is 12.7. The number of fused-ring (bicyclic) bond motifs is 3. The number of nitrogens with zero attached hydrogens (tertiary/aromatic N) is 3. The second kappa shape index (κ2) is 7.55. The zero-order chi connectivity index (χ0) is 17.9. The molecule has 1 aromatic carbocycles. The summed E-state index contributed by atoms with van der Waals surface area (Å²) in [5, 5.41) is 11.5. The first kappa shape index (κ1) is 17.2. The highest BCUT2D eigenvalue weighted by Gasteiger charge is 2.46. The summed E-state index contributed by atoms with van der Waals surface area (Å²) in [6.07, 6.45) is 4.24. The van der Waals surface area contributed by atoms with Crippen LogP contribution in [0, 0.1) is 11.8 Å². The number of carbonyl (C=O) groups excluding carboxylic acids is 1. The van der Waals surface area contributed by atoms with E-state index in [-0.39, 0.29) is 11.8 Å². The van der Waals surface area contributed by atoms with Gasteiger partial charge in [0.2, 0.25) is 5.91 Å². The molecule has 0 radical (unpaired) electrons. The molecular formula is C19H28N6O+2. The number of hydrogen-bond donors (Lipinski definition) is 3. The van der Waals surface area contributed by atoms with Gasteiger partial charge < -0.3 is 16.0 Å². The van der Waals surface area contributed by atoms with Gasteiger partial charge in [-0.2, -0.15) is 0 Å². The lowest BCUT2D eigenvalue weighted by molar-refractivity contribution is -0.945. The van der Waals surface area contributed by atoms with E-state index < -0.39 is 0 Å². The number of carbonyl (C=O) groups is 1. The predicted molar refractivity (Wildman–Crippen MR) is 95.6 cm³/mol. The molecule has 0 aliphatic carbocycles. The van der Waals surface area contributed by atoms with Gasteiger partial charge in [0.1, 0.15) is 18.3 Å². The zero-order valence-electron chi connectivity index (χ0n) is 15.1. The summed E-state index contributed by atoms with van der Waals surface area (Å²) in [6.45, 7) is 4.28. The van der Waals surface area contributed by atoms with E-state index in [2.05, 4.69) is 33.5 Å². The maximum Gasteiger partial charge on any atom is 0.229 e. The molecule has 4 atom stereocenters. The van der Waals surface area contributed by atoms with Crippen LogP contribution >= 0.6 is 0 Å². The average Bonchev–Trinajstić information content (AvgIpc) is 3.15. The number of aromatic nitrogens is 3. The van der Waals surface area contributed by atoms with Crippen molar-refractivity contribution in [3.05, 3.63) is 47.8 Å². The molecule has 4 heterocycles. The van der Waals surface area contributed by atoms with Crippen molar-refractivity contribution in [2.24, 2.45) is 11.8 Å². The Kier molecular flexibility index (Phi) is 4.99. The fraction of sp³-hybridized carbons (Fsp3) is 0.526. The van der Waals surface area contributed by atoms with Crippen molar-refractivity contribution < 1.29 is 15.4 Å². The van der Waals surface area contributed by atoms with Crippen molar-refractivity contribution in [3.63, 3.8) is 0 Å². The minimum absolute atomic E-state index is 0.143. The Labute approximate surface area is 153 Å². The molecule has 3 aliphatic rings. The van der Waals surface area contributed by atoms with Crippen molar-refractivity contribution in [3.8, 4) is 0 Å². The third-order valence-electron chi connectivity index (χ3n) is 5.95. The Morgan fingerprint density at radius 2 is 2.19 bits per heavy atom. The molecule has 3 fully saturated rings. The van der Waals surface area contributed by atoms with Crippen molar-refractivity contribution in [2.75, 3.05) is 13.1 Å². The summed E-state index contributed by atoms with van der Waals surface area (Å²) in [7, 11) is 0. The molecule has 7 heteroatoms. The standard InChI is InChI=1S/C19H26N6O/c20-9-16-11-25(23-22-16)12-17-8-15-6-7-24(17)13-18(15)19(26)21-10-14-4-2-1-3-5-14/h1-5,11,15,17-18H,6-10,12-13,20H2,(H,21,26)/p+2/t15-,17-,18+/m1/s1. The monoisotopic (exact) mass is 356 g/mol. The predicted octanol–water partition coefficient (Wildman–Crippen LogP) is -1.37. The second-order valence-corrected chi connectivity index (χ2v) is 7.59. The van der Waals surface area contributed by atoms with Gasteiger partial charge in [0.25, 0.3) is 0 Å². The molecular weight excluding hydrogens is 328 g/mol. The normalized spacial score (nSPS) is 27.4. The summed E-state index contributed by atoms with van der Waals surface area (Å²) < 4.78 is 1.95. The van der Waals surface area contributed by atoms with E-state index in [4.69, 9.17) is 0 Å². The number of quaternary nitrogens is 2. The van der Waals surface area contributed by atoms with Gasteiger partial charge in [-0.1, -0.05) is 35.5 Å². The third kappa shape index (κ3) is 3.64. The fourth-order valence-electron chi connectivity index (χ4n) is 4.50. The summed E-state index contributed by atoms with van der Waals surface area (Å²) >= 11 is 0. The van der Waals surface area contributed by atoms with E-state index in [1.54, 1.807) is 4.90 Å². The van der Waals surface area contributed by atoms with Gasteiger partial charge in [-0.3, -0.25) is 4.79 Å². The van der Waals surface area contributed by atoms with Crippen LogP contribution in [0.2, 0.25) is 0 Å². The smallest absolute Gasteiger partial charge is 0.229 e. The van der Waals surface area contributed by atoms with Gasteiger partial charge in [0, 0.05) is 19.4 Å². The molecule has 3 saturated heterocycles. The van der Waals surface area contributed by atoms with E-state index in [1.807, 2.05) is 29.1 Å². The highest BCUT2D eigenvalue weighted by atomic mass is 16.1. The average molecular weight is 356 g/mol. The zero-order valence-corrected chi connectivity index (χ0v) is 15.1. The first-order valence-electron chi connectivity index (χ1n) is 9.57. The quantitative estimate of drug-likeness (QED) is 0.596. The third-order valence-corrected chi connectivity index (χ3v) is 5.95. The Bertz CT molecular complexity index is 745. The number of benzene rings is 1.